The summed E-state index contributed by atoms with van der Waals surface area (Å²) in [5, 5.41) is 8.97. The number of carboxylic acid groups (broad SMARTS) is 1. The van der Waals surface area contributed by atoms with Crippen LogP contribution in [-0.2, 0) is 12.8 Å². The van der Waals surface area contributed by atoms with E-state index in [4.69, 9.17) is 10.8 Å². The lowest BCUT2D eigenvalue weighted by molar-refractivity contribution is 0.0695. The third-order valence-corrected chi connectivity index (χ3v) is 2.23. The summed E-state index contributed by atoms with van der Waals surface area (Å²) in [6.07, 6.45) is 1.47. The second-order valence-corrected chi connectivity index (χ2v) is 3.19. The van der Waals surface area contributed by atoms with E-state index < -0.39 is 5.97 Å². The van der Waals surface area contributed by atoms with Gasteiger partial charge in [-0.3, -0.25) is 0 Å². The second-order valence-electron chi connectivity index (χ2n) is 3.19. The lowest BCUT2D eigenvalue weighted by Crippen LogP contribution is -2.09. The van der Waals surface area contributed by atoms with Crippen molar-refractivity contribution in [3.63, 3.8) is 0 Å². The van der Waals surface area contributed by atoms with Gasteiger partial charge in [-0.25, -0.2) is 4.79 Å². The third-order valence-electron chi connectivity index (χ3n) is 2.23. The number of carboxylic acids is 1. The monoisotopic (exact) mass is 193 g/mol. The molecule has 76 valence electrons. The SMILES string of the molecule is CCc1ccc(CCN)c(C(=O)O)c1. The average molecular weight is 193 g/mol. The molecule has 0 aliphatic carbocycles. The van der Waals surface area contributed by atoms with Gasteiger partial charge in [-0.1, -0.05) is 19.1 Å². The minimum absolute atomic E-state index is 0.384. The topological polar surface area (TPSA) is 63.3 Å². The highest BCUT2D eigenvalue weighted by atomic mass is 16.4. The van der Waals surface area contributed by atoms with Crippen LogP contribution in [0, 0.1) is 0 Å². The lowest BCUT2D eigenvalue weighted by Gasteiger charge is -2.06. The highest BCUT2D eigenvalue weighted by Crippen LogP contribution is 2.13. The molecule has 0 saturated carbocycles. The number of rotatable bonds is 4. The maximum Gasteiger partial charge on any atom is 0.335 e. The first-order valence-corrected chi connectivity index (χ1v) is 4.74. The van der Waals surface area contributed by atoms with Crippen molar-refractivity contribution in [1.82, 2.24) is 0 Å². The molecular formula is C11H15NO2. The highest BCUT2D eigenvalue weighted by Gasteiger charge is 2.09. The van der Waals surface area contributed by atoms with Gasteiger partial charge in [0.15, 0.2) is 0 Å². The summed E-state index contributed by atoms with van der Waals surface area (Å²) in [6.45, 7) is 2.48. The molecule has 1 aromatic carbocycles. The molecule has 0 bridgehead atoms. The molecule has 0 fully saturated rings. The minimum Gasteiger partial charge on any atom is -0.478 e. The zero-order chi connectivity index (χ0) is 10.6. The van der Waals surface area contributed by atoms with Crippen molar-refractivity contribution in [3.05, 3.63) is 34.9 Å². The number of carbonyl (C=O) groups is 1. The third kappa shape index (κ3) is 2.33. The molecule has 0 aromatic heterocycles. The van der Waals surface area contributed by atoms with Crippen LogP contribution in [0.5, 0.6) is 0 Å². The number of nitrogens with two attached hydrogens (primary N) is 1. The molecule has 14 heavy (non-hydrogen) atoms. The van der Waals surface area contributed by atoms with E-state index in [2.05, 4.69) is 0 Å². The van der Waals surface area contributed by atoms with E-state index in [9.17, 15) is 4.79 Å². The van der Waals surface area contributed by atoms with E-state index in [-0.39, 0.29) is 0 Å². The summed E-state index contributed by atoms with van der Waals surface area (Å²) in [7, 11) is 0. The molecule has 1 rings (SSSR count). The predicted octanol–water partition coefficient (Wildman–Crippen LogP) is 1.45. The summed E-state index contributed by atoms with van der Waals surface area (Å²) in [6, 6.07) is 5.54. The van der Waals surface area contributed by atoms with Gasteiger partial charge in [-0.05, 0) is 36.6 Å². The fourth-order valence-corrected chi connectivity index (χ4v) is 1.42. The van der Waals surface area contributed by atoms with Gasteiger partial charge in [-0.2, -0.15) is 0 Å². The van der Waals surface area contributed by atoms with Crippen LogP contribution in [0.1, 0.15) is 28.4 Å². The van der Waals surface area contributed by atoms with Crippen LogP contribution in [-0.4, -0.2) is 17.6 Å². The Bertz CT molecular complexity index is 334. The maximum atomic E-state index is 10.9. The predicted molar refractivity (Wildman–Crippen MR) is 55.5 cm³/mol. The zero-order valence-electron chi connectivity index (χ0n) is 8.29. The molecular weight excluding hydrogens is 178 g/mol. The number of hydrogen-bond donors (Lipinski definition) is 2. The van der Waals surface area contributed by atoms with Crippen molar-refractivity contribution < 1.29 is 9.90 Å². The number of aryl methyl sites for hydroxylation is 1. The molecule has 0 atom stereocenters. The van der Waals surface area contributed by atoms with Gasteiger partial charge in [0.25, 0.3) is 0 Å². The van der Waals surface area contributed by atoms with Crippen LogP contribution < -0.4 is 5.73 Å². The van der Waals surface area contributed by atoms with Crippen LogP contribution >= 0.6 is 0 Å². The summed E-state index contributed by atoms with van der Waals surface area (Å²) in [4.78, 5) is 10.9. The van der Waals surface area contributed by atoms with Crippen molar-refractivity contribution in [3.8, 4) is 0 Å². The van der Waals surface area contributed by atoms with Gasteiger partial charge < -0.3 is 10.8 Å². The lowest BCUT2D eigenvalue weighted by atomic mass is 10.0. The Morgan fingerprint density at radius 3 is 2.71 bits per heavy atom. The Labute approximate surface area is 83.6 Å². The Hall–Kier alpha value is -1.35. The van der Waals surface area contributed by atoms with E-state index >= 15 is 0 Å². The Morgan fingerprint density at radius 2 is 2.21 bits per heavy atom. The smallest absolute Gasteiger partial charge is 0.335 e. The second kappa shape index (κ2) is 4.77. The van der Waals surface area contributed by atoms with E-state index in [0.29, 0.717) is 18.5 Å². The van der Waals surface area contributed by atoms with Gasteiger partial charge in [0.05, 0.1) is 5.56 Å². The van der Waals surface area contributed by atoms with E-state index in [1.165, 1.54) is 0 Å². The number of benzene rings is 1. The standard InChI is InChI=1S/C11H15NO2/c1-2-8-3-4-9(5-6-12)10(7-8)11(13)14/h3-4,7H,2,5-6,12H2,1H3,(H,13,14). The van der Waals surface area contributed by atoms with Crippen molar-refractivity contribution >= 4 is 5.97 Å². The van der Waals surface area contributed by atoms with Crippen LogP contribution in [0.4, 0.5) is 0 Å². The Morgan fingerprint density at radius 1 is 1.50 bits per heavy atom. The van der Waals surface area contributed by atoms with Crippen molar-refractivity contribution in [2.75, 3.05) is 6.54 Å². The first kappa shape index (κ1) is 10.7. The van der Waals surface area contributed by atoms with E-state index in [1.54, 1.807) is 6.07 Å². The Balaban J connectivity index is 3.10. The molecule has 0 spiro atoms. The van der Waals surface area contributed by atoms with E-state index in [0.717, 1.165) is 17.5 Å². The Kier molecular flexibility index (Phi) is 3.65. The molecule has 0 amide bonds. The summed E-state index contributed by atoms with van der Waals surface area (Å²) >= 11 is 0. The van der Waals surface area contributed by atoms with Crippen molar-refractivity contribution in [2.45, 2.75) is 19.8 Å². The summed E-state index contributed by atoms with van der Waals surface area (Å²) in [5.41, 5.74) is 7.65. The van der Waals surface area contributed by atoms with Crippen LogP contribution in [0.3, 0.4) is 0 Å². The molecule has 0 saturated heterocycles. The molecule has 0 radical (unpaired) electrons. The maximum absolute atomic E-state index is 10.9. The zero-order valence-corrected chi connectivity index (χ0v) is 8.29. The first-order valence-electron chi connectivity index (χ1n) is 4.74. The van der Waals surface area contributed by atoms with E-state index in [1.807, 2.05) is 19.1 Å². The van der Waals surface area contributed by atoms with Gasteiger partial charge in [0, 0.05) is 0 Å². The highest BCUT2D eigenvalue weighted by molar-refractivity contribution is 5.89. The fraction of sp³-hybridized carbons (Fsp3) is 0.364. The summed E-state index contributed by atoms with van der Waals surface area (Å²) < 4.78 is 0. The normalized spacial score (nSPS) is 10.1. The quantitative estimate of drug-likeness (QED) is 0.760. The molecule has 1 aromatic rings. The molecule has 0 aliphatic heterocycles. The molecule has 0 unspecified atom stereocenters. The van der Waals surface area contributed by atoms with Gasteiger partial charge >= 0.3 is 5.97 Å². The van der Waals surface area contributed by atoms with Gasteiger partial charge in [-0.15, -0.1) is 0 Å². The van der Waals surface area contributed by atoms with Gasteiger partial charge in [0.1, 0.15) is 0 Å². The van der Waals surface area contributed by atoms with Crippen molar-refractivity contribution in [1.29, 1.82) is 0 Å². The minimum atomic E-state index is -0.872. The number of aromatic carboxylic acids is 1. The largest absolute Gasteiger partial charge is 0.478 e. The average Bonchev–Trinajstić information content (AvgIpc) is 2.18. The van der Waals surface area contributed by atoms with Crippen LogP contribution in [0.15, 0.2) is 18.2 Å². The first-order chi connectivity index (χ1) is 6.69. The van der Waals surface area contributed by atoms with Gasteiger partial charge in [0.2, 0.25) is 0 Å². The van der Waals surface area contributed by atoms with Crippen molar-refractivity contribution in [2.24, 2.45) is 5.73 Å². The molecule has 3 nitrogen and oxygen atoms in total. The summed E-state index contributed by atoms with van der Waals surface area (Å²) in [5.74, 6) is -0.872. The molecule has 0 heterocycles. The molecule has 0 aliphatic rings. The molecule has 3 heteroatoms. The van der Waals surface area contributed by atoms with Crippen LogP contribution in [0.2, 0.25) is 0 Å². The number of hydrogen-bond acceptors (Lipinski definition) is 2. The molecule has 3 N–H and O–H groups in total. The van der Waals surface area contributed by atoms with Crippen LogP contribution in [0.25, 0.3) is 0 Å². The fourth-order valence-electron chi connectivity index (χ4n) is 1.42.